The molecular weight excluding hydrogens is 236 g/mol. The van der Waals surface area contributed by atoms with Crippen LogP contribution in [0.15, 0.2) is 36.5 Å². The molecule has 1 unspecified atom stereocenters. The third kappa shape index (κ3) is 2.34. The predicted octanol–water partition coefficient (Wildman–Crippen LogP) is 2.63. The average Bonchev–Trinajstić information content (AvgIpc) is 2.89. The van der Waals surface area contributed by atoms with Crippen LogP contribution < -0.4 is 10.1 Å². The molecule has 1 atom stereocenters. The fraction of sp³-hybridized carbons (Fsp3) is 0.312. The largest absolute Gasteiger partial charge is 0.493 e. The van der Waals surface area contributed by atoms with Crippen molar-refractivity contribution in [1.82, 2.24) is 10.3 Å². The molecule has 3 rings (SSSR count). The summed E-state index contributed by atoms with van der Waals surface area (Å²) in [7, 11) is 1.98. The highest BCUT2D eigenvalue weighted by molar-refractivity contribution is 5.43. The van der Waals surface area contributed by atoms with Gasteiger partial charge in [0.15, 0.2) is 0 Å². The van der Waals surface area contributed by atoms with Gasteiger partial charge in [0.25, 0.3) is 0 Å². The van der Waals surface area contributed by atoms with Gasteiger partial charge in [-0.1, -0.05) is 18.2 Å². The Morgan fingerprint density at radius 2 is 2.05 bits per heavy atom. The lowest BCUT2D eigenvalue weighted by Gasteiger charge is -2.17. The van der Waals surface area contributed by atoms with Crippen molar-refractivity contribution in [1.29, 1.82) is 0 Å². The average molecular weight is 254 g/mol. The Labute approximate surface area is 113 Å². The molecule has 0 saturated carbocycles. The molecule has 0 fully saturated rings. The van der Waals surface area contributed by atoms with E-state index in [0.29, 0.717) is 0 Å². The zero-order valence-electron chi connectivity index (χ0n) is 11.3. The van der Waals surface area contributed by atoms with Gasteiger partial charge in [-0.25, -0.2) is 0 Å². The van der Waals surface area contributed by atoms with E-state index in [-0.39, 0.29) is 6.04 Å². The summed E-state index contributed by atoms with van der Waals surface area (Å²) in [5.74, 6) is 1.03. The highest BCUT2D eigenvalue weighted by Crippen LogP contribution is 2.30. The summed E-state index contributed by atoms with van der Waals surface area (Å²) in [5.41, 5.74) is 4.79. The molecule has 0 saturated heterocycles. The van der Waals surface area contributed by atoms with E-state index in [1.54, 1.807) is 0 Å². The molecule has 1 aliphatic heterocycles. The molecule has 0 bridgehead atoms. The Morgan fingerprint density at radius 3 is 2.79 bits per heavy atom. The van der Waals surface area contributed by atoms with Gasteiger partial charge in [0.2, 0.25) is 0 Å². The van der Waals surface area contributed by atoms with E-state index in [0.717, 1.165) is 24.5 Å². The van der Waals surface area contributed by atoms with E-state index in [9.17, 15) is 0 Å². The van der Waals surface area contributed by atoms with Crippen molar-refractivity contribution in [3.63, 3.8) is 0 Å². The minimum absolute atomic E-state index is 0.180. The maximum absolute atomic E-state index is 5.56. The van der Waals surface area contributed by atoms with Crippen LogP contribution in [0.2, 0.25) is 0 Å². The zero-order chi connectivity index (χ0) is 13.2. The highest BCUT2D eigenvalue weighted by Gasteiger charge is 2.17. The fourth-order valence-corrected chi connectivity index (χ4v) is 2.56. The van der Waals surface area contributed by atoms with E-state index < -0.39 is 0 Å². The molecule has 1 aromatic carbocycles. The van der Waals surface area contributed by atoms with Gasteiger partial charge in [0, 0.05) is 18.3 Å². The number of aryl methyl sites for hydroxylation is 1. The van der Waals surface area contributed by atoms with Crippen molar-refractivity contribution in [3.05, 3.63) is 58.9 Å². The molecule has 0 amide bonds. The van der Waals surface area contributed by atoms with Crippen LogP contribution in [0.1, 0.15) is 28.4 Å². The molecule has 3 nitrogen and oxygen atoms in total. The number of pyridine rings is 1. The highest BCUT2D eigenvalue weighted by atomic mass is 16.5. The molecule has 3 heteroatoms. The van der Waals surface area contributed by atoms with E-state index >= 15 is 0 Å². The van der Waals surface area contributed by atoms with Gasteiger partial charge in [-0.2, -0.15) is 0 Å². The first-order chi connectivity index (χ1) is 9.28. The summed E-state index contributed by atoms with van der Waals surface area (Å²) in [6.07, 6.45) is 2.95. The van der Waals surface area contributed by atoms with Gasteiger partial charge < -0.3 is 10.1 Å². The summed E-state index contributed by atoms with van der Waals surface area (Å²) < 4.78 is 5.56. The number of rotatable bonds is 3. The summed E-state index contributed by atoms with van der Waals surface area (Å²) in [4.78, 5) is 4.38. The summed E-state index contributed by atoms with van der Waals surface area (Å²) in [5, 5.41) is 3.36. The minimum Gasteiger partial charge on any atom is -0.493 e. The monoisotopic (exact) mass is 254 g/mol. The lowest BCUT2D eigenvalue weighted by molar-refractivity contribution is 0.357. The molecule has 0 spiro atoms. The maximum Gasteiger partial charge on any atom is 0.122 e. The molecule has 98 valence electrons. The lowest BCUT2D eigenvalue weighted by atomic mass is 9.97. The number of ether oxygens (including phenoxy) is 1. The molecule has 0 aliphatic carbocycles. The van der Waals surface area contributed by atoms with Crippen LogP contribution in [0.5, 0.6) is 5.75 Å². The van der Waals surface area contributed by atoms with Crippen molar-refractivity contribution < 1.29 is 4.74 Å². The Hall–Kier alpha value is -1.87. The van der Waals surface area contributed by atoms with E-state index in [1.165, 1.54) is 16.7 Å². The molecule has 2 heterocycles. The topological polar surface area (TPSA) is 34.2 Å². The van der Waals surface area contributed by atoms with Crippen LogP contribution in [0.4, 0.5) is 0 Å². The van der Waals surface area contributed by atoms with Gasteiger partial charge in [-0.3, -0.25) is 4.98 Å². The van der Waals surface area contributed by atoms with Crippen LogP contribution in [-0.4, -0.2) is 18.6 Å². The number of hydrogen-bond donors (Lipinski definition) is 1. The van der Waals surface area contributed by atoms with Gasteiger partial charge in [-0.15, -0.1) is 0 Å². The quantitative estimate of drug-likeness (QED) is 0.914. The fourth-order valence-electron chi connectivity index (χ4n) is 2.56. The number of hydrogen-bond acceptors (Lipinski definition) is 3. The van der Waals surface area contributed by atoms with Crippen LogP contribution in [0.3, 0.4) is 0 Å². The van der Waals surface area contributed by atoms with Gasteiger partial charge in [0.05, 0.1) is 12.6 Å². The number of nitrogens with one attached hydrogen (secondary N) is 1. The Kier molecular flexibility index (Phi) is 3.22. The second-order valence-electron chi connectivity index (χ2n) is 4.92. The van der Waals surface area contributed by atoms with Gasteiger partial charge >= 0.3 is 0 Å². The summed E-state index contributed by atoms with van der Waals surface area (Å²) >= 11 is 0. The number of aromatic nitrogens is 1. The molecule has 2 aromatic rings. The Bertz CT molecular complexity index is 578. The zero-order valence-corrected chi connectivity index (χ0v) is 11.3. The molecular formula is C16H18N2O. The number of benzene rings is 1. The smallest absolute Gasteiger partial charge is 0.122 e. The third-order valence-corrected chi connectivity index (χ3v) is 3.60. The lowest BCUT2D eigenvalue weighted by Crippen LogP contribution is -2.18. The van der Waals surface area contributed by atoms with Gasteiger partial charge in [0.1, 0.15) is 5.75 Å². The second kappa shape index (κ2) is 5.02. The van der Waals surface area contributed by atoms with Crippen molar-refractivity contribution in [2.24, 2.45) is 0 Å². The molecule has 19 heavy (non-hydrogen) atoms. The summed E-state index contributed by atoms with van der Waals surface area (Å²) in [6, 6.07) is 10.8. The Morgan fingerprint density at radius 1 is 1.21 bits per heavy atom. The maximum atomic E-state index is 5.56. The van der Waals surface area contributed by atoms with E-state index in [2.05, 4.69) is 40.6 Å². The van der Waals surface area contributed by atoms with Crippen molar-refractivity contribution >= 4 is 0 Å². The van der Waals surface area contributed by atoms with Crippen molar-refractivity contribution in [2.75, 3.05) is 13.7 Å². The normalized spacial score (nSPS) is 14.8. The van der Waals surface area contributed by atoms with Crippen molar-refractivity contribution in [3.8, 4) is 5.75 Å². The first-order valence-corrected chi connectivity index (χ1v) is 6.63. The van der Waals surface area contributed by atoms with Gasteiger partial charge in [-0.05, 0) is 42.8 Å². The molecule has 1 N–H and O–H groups in total. The second-order valence-corrected chi connectivity index (χ2v) is 4.92. The molecule has 1 aliphatic rings. The van der Waals surface area contributed by atoms with Crippen LogP contribution in [0.25, 0.3) is 0 Å². The van der Waals surface area contributed by atoms with Crippen LogP contribution in [-0.2, 0) is 6.42 Å². The summed E-state index contributed by atoms with van der Waals surface area (Å²) in [6.45, 7) is 2.81. The molecule has 1 aromatic heterocycles. The standard InChI is InChI=1S/C16H18N2O/c1-11-3-4-14(10-18-11)16(17-2)13-5-6-15-12(9-13)7-8-19-15/h3-6,9-10,16-17H,7-8H2,1-2H3. The minimum atomic E-state index is 0.180. The van der Waals surface area contributed by atoms with Crippen molar-refractivity contribution in [2.45, 2.75) is 19.4 Å². The van der Waals surface area contributed by atoms with E-state index in [4.69, 9.17) is 4.74 Å². The van der Waals surface area contributed by atoms with Crippen LogP contribution in [0, 0.1) is 6.92 Å². The molecule has 0 radical (unpaired) electrons. The van der Waals surface area contributed by atoms with E-state index in [1.807, 2.05) is 20.2 Å². The Balaban J connectivity index is 1.96. The SMILES string of the molecule is CNC(c1ccc(C)nc1)c1ccc2c(c1)CCO2. The first-order valence-electron chi connectivity index (χ1n) is 6.63. The number of fused-ring (bicyclic) bond motifs is 1. The third-order valence-electron chi connectivity index (χ3n) is 3.60. The van der Waals surface area contributed by atoms with Crippen LogP contribution >= 0.6 is 0 Å². The first kappa shape index (κ1) is 12.2. The predicted molar refractivity (Wildman–Crippen MR) is 75.5 cm³/mol. The number of nitrogens with zero attached hydrogens (tertiary/aromatic N) is 1.